The Hall–Kier alpha value is -1.34. The van der Waals surface area contributed by atoms with Gasteiger partial charge in [-0.25, -0.2) is 4.39 Å². The first-order valence-corrected chi connectivity index (χ1v) is 3.76. The van der Waals surface area contributed by atoms with Crippen LogP contribution in [0.1, 0.15) is 5.76 Å². The summed E-state index contributed by atoms with van der Waals surface area (Å²) in [6.45, 7) is 0. The van der Waals surface area contributed by atoms with Crippen molar-refractivity contribution >= 4 is 21.6 Å². The molecule has 0 aliphatic rings. The third kappa shape index (κ3) is 0.748. The number of nitriles is 1. The zero-order valence-corrected chi connectivity index (χ0v) is 6.11. The molecule has 0 N–H and O–H groups in total. The van der Waals surface area contributed by atoms with Crippen LogP contribution in [-0.2, 0) is 0 Å². The van der Waals surface area contributed by atoms with Gasteiger partial charge in [0, 0.05) is 0 Å². The van der Waals surface area contributed by atoms with Gasteiger partial charge in [0.15, 0.2) is 10.7 Å². The first kappa shape index (κ1) is 6.38. The molecule has 4 heteroatoms. The minimum absolute atomic E-state index is 0.230. The van der Waals surface area contributed by atoms with Crippen LogP contribution < -0.4 is 0 Å². The summed E-state index contributed by atoms with van der Waals surface area (Å²) in [7, 11) is 0. The van der Waals surface area contributed by atoms with Crippen LogP contribution in [0, 0.1) is 17.1 Å². The minimum Gasteiger partial charge on any atom is -0.432 e. The fourth-order valence-corrected chi connectivity index (χ4v) is 1.61. The average molecular weight is 167 g/mol. The Morgan fingerprint density at radius 2 is 2.45 bits per heavy atom. The van der Waals surface area contributed by atoms with Crippen LogP contribution in [0.5, 0.6) is 0 Å². The van der Waals surface area contributed by atoms with Gasteiger partial charge in [-0.15, -0.1) is 11.3 Å². The summed E-state index contributed by atoms with van der Waals surface area (Å²) in [6, 6.07) is 3.23. The van der Waals surface area contributed by atoms with Gasteiger partial charge < -0.3 is 4.42 Å². The molecule has 0 fully saturated rings. The fraction of sp³-hybridized carbons (Fsp3) is 0. The Morgan fingerprint density at radius 3 is 3.09 bits per heavy atom. The molecule has 0 unspecified atom stereocenters. The van der Waals surface area contributed by atoms with E-state index in [-0.39, 0.29) is 5.76 Å². The number of hydrogen-bond donors (Lipinski definition) is 0. The number of nitrogens with zero attached hydrogens (tertiary/aromatic N) is 1. The molecule has 0 aliphatic heterocycles. The van der Waals surface area contributed by atoms with E-state index in [1.165, 1.54) is 11.3 Å². The Kier molecular flexibility index (Phi) is 1.20. The first-order valence-electron chi connectivity index (χ1n) is 2.88. The van der Waals surface area contributed by atoms with Crippen molar-refractivity contribution in [2.45, 2.75) is 0 Å². The molecule has 2 aromatic heterocycles. The number of furan rings is 1. The summed E-state index contributed by atoms with van der Waals surface area (Å²) in [5, 5.41) is 10.5. The molecule has 0 saturated heterocycles. The first-order chi connectivity index (χ1) is 5.33. The lowest BCUT2D eigenvalue weighted by molar-refractivity contribution is 0.546. The summed E-state index contributed by atoms with van der Waals surface area (Å²) in [5.41, 5.74) is 0. The molecule has 0 bridgehead atoms. The maximum absolute atomic E-state index is 13.0. The Morgan fingerprint density at radius 1 is 1.64 bits per heavy atom. The second-order valence-corrected chi connectivity index (χ2v) is 2.86. The van der Waals surface area contributed by atoms with E-state index in [4.69, 9.17) is 9.68 Å². The van der Waals surface area contributed by atoms with E-state index in [1.807, 2.05) is 0 Å². The van der Waals surface area contributed by atoms with Crippen LogP contribution in [0.4, 0.5) is 4.39 Å². The molecule has 2 nitrogen and oxygen atoms in total. The van der Waals surface area contributed by atoms with Crippen LogP contribution >= 0.6 is 11.3 Å². The van der Waals surface area contributed by atoms with Crippen molar-refractivity contribution in [3.05, 3.63) is 23.0 Å². The lowest BCUT2D eigenvalue weighted by atomic mass is 10.3. The van der Waals surface area contributed by atoms with Gasteiger partial charge in [0.05, 0.1) is 5.39 Å². The van der Waals surface area contributed by atoms with Crippen molar-refractivity contribution < 1.29 is 8.81 Å². The highest BCUT2D eigenvalue weighted by Crippen LogP contribution is 2.27. The van der Waals surface area contributed by atoms with Crippen molar-refractivity contribution in [2.24, 2.45) is 0 Å². The van der Waals surface area contributed by atoms with E-state index in [0.717, 1.165) is 0 Å². The van der Waals surface area contributed by atoms with E-state index in [0.29, 0.717) is 10.3 Å². The second-order valence-electron chi connectivity index (χ2n) is 1.98. The monoisotopic (exact) mass is 167 g/mol. The lowest BCUT2D eigenvalue weighted by Crippen LogP contribution is -1.71. The molecule has 0 atom stereocenters. The molecule has 0 aromatic carbocycles. The predicted molar refractivity (Wildman–Crippen MR) is 38.8 cm³/mol. The number of thiophene rings is 1. The van der Waals surface area contributed by atoms with E-state index in [2.05, 4.69) is 0 Å². The largest absolute Gasteiger partial charge is 0.432 e. The van der Waals surface area contributed by atoms with Crippen molar-refractivity contribution in [3.63, 3.8) is 0 Å². The molecule has 0 amide bonds. The maximum atomic E-state index is 13.0. The van der Waals surface area contributed by atoms with Gasteiger partial charge >= 0.3 is 0 Å². The predicted octanol–water partition coefficient (Wildman–Crippen LogP) is 2.51. The second kappa shape index (κ2) is 2.07. The summed E-state index contributed by atoms with van der Waals surface area (Å²) in [4.78, 5) is 0.471. The van der Waals surface area contributed by atoms with E-state index in [1.54, 1.807) is 17.5 Å². The Labute approximate surface area is 65.5 Å². The SMILES string of the molecule is N#Cc1oc2sccc2c1F. The number of halogens is 1. The van der Waals surface area contributed by atoms with Crippen LogP contribution in [-0.4, -0.2) is 0 Å². The van der Waals surface area contributed by atoms with Gasteiger partial charge in [-0.3, -0.25) is 0 Å². The highest BCUT2D eigenvalue weighted by atomic mass is 32.1. The molecular formula is C7H2FNOS. The molecule has 2 aromatic rings. The van der Waals surface area contributed by atoms with Crippen molar-refractivity contribution in [1.82, 2.24) is 0 Å². The van der Waals surface area contributed by atoms with Gasteiger partial charge in [-0.2, -0.15) is 5.26 Å². The third-order valence-corrected chi connectivity index (χ3v) is 2.15. The van der Waals surface area contributed by atoms with E-state index < -0.39 is 5.82 Å². The number of hydrogen-bond acceptors (Lipinski definition) is 3. The van der Waals surface area contributed by atoms with Gasteiger partial charge in [0.1, 0.15) is 6.07 Å². The van der Waals surface area contributed by atoms with Crippen LogP contribution in [0.2, 0.25) is 0 Å². The zero-order chi connectivity index (χ0) is 7.84. The summed E-state index contributed by atoms with van der Waals surface area (Å²) < 4.78 is 17.8. The van der Waals surface area contributed by atoms with Crippen LogP contribution in [0.25, 0.3) is 10.3 Å². The van der Waals surface area contributed by atoms with Gasteiger partial charge in [0.25, 0.3) is 0 Å². The highest BCUT2D eigenvalue weighted by Gasteiger charge is 2.13. The molecule has 11 heavy (non-hydrogen) atoms. The Balaban J connectivity index is 2.90. The molecule has 2 heterocycles. The van der Waals surface area contributed by atoms with Crippen molar-refractivity contribution in [3.8, 4) is 6.07 Å². The molecule has 2 rings (SSSR count). The van der Waals surface area contributed by atoms with Crippen molar-refractivity contribution in [1.29, 1.82) is 5.26 Å². The highest BCUT2D eigenvalue weighted by molar-refractivity contribution is 7.16. The summed E-state index contributed by atoms with van der Waals surface area (Å²) >= 11 is 1.28. The van der Waals surface area contributed by atoms with Gasteiger partial charge in [-0.1, -0.05) is 0 Å². The van der Waals surface area contributed by atoms with Crippen molar-refractivity contribution in [2.75, 3.05) is 0 Å². The Bertz CT molecular complexity index is 437. The molecule has 0 saturated carbocycles. The lowest BCUT2D eigenvalue weighted by Gasteiger charge is -1.75. The fourth-order valence-electron chi connectivity index (χ4n) is 0.869. The molecule has 54 valence electrons. The summed E-state index contributed by atoms with van der Waals surface area (Å²) in [6.07, 6.45) is 0. The summed E-state index contributed by atoms with van der Waals surface area (Å²) in [5.74, 6) is -0.782. The standard InChI is InChI=1S/C7H2FNOS/c8-6-4-1-2-11-7(4)10-5(6)3-9/h1-2H. The van der Waals surface area contributed by atoms with Gasteiger partial charge in [-0.05, 0) is 11.4 Å². The maximum Gasteiger partial charge on any atom is 0.241 e. The van der Waals surface area contributed by atoms with Crippen LogP contribution in [0.3, 0.4) is 0 Å². The minimum atomic E-state index is -0.552. The third-order valence-electron chi connectivity index (χ3n) is 1.36. The van der Waals surface area contributed by atoms with Gasteiger partial charge in [0.2, 0.25) is 5.76 Å². The molecule has 0 aliphatic carbocycles. The molecule has 0 radical (unpaired) electrons. The zero-order valence-electron chi connectivity index (χ0n) is 5.30. The average Bonchev–Trinajstić information content (AvgIpc) is 2.53. The topological polar surface area (TPSA) is 36.9 Å². The molecule has 0 spiro atoms. The number of rotatable bonds is 0. The van der Waals surface area contributed by atoms with Crippen LogP contribution in [0.15, 0.2) is 15.9 Å². The normalized spacial score (nSPS) is 10.2. The smallest absolute Gasteiger partial charge is 0.241 e. The van der Waals surface area contributed by atoms with E-state index >= 15 is 0 Å². The number of fused-ring (bicyclic) bond motifs is 1. The quantitative estimate of drug-likeness (QED) is 0.604. The van der Waals surface area contributed by atoms with E-state index in [9.17, 15) is 4.39 Å². The molecular weight excluding hydrogens is 165 g/mol.